The summed E-state index contributed by atoms with van der Waals surface area (Å²) in [4.78, 5) is 35.6. The van der Waals surface area contributed by atoms with Gasteiger partial charge >= 0.3 is 6.03 Å². The van der Waals surface area contributed by atoms with Crippen molar-refractivity contribution in [1.29, 1.82) is 0 Å². The largest absolute Gasteiger partial charge is 0.490 e. The van der Waals surface area contributed by atoms with Crippen LogP contribution in [0.5, 0.6) is 11.5 Å². The van der Waals surface area contributed by atoms with E-state index in [4.69, 9.17) is 9.47 Å². The highest BCUT2D eigenvalue weighted by atomic mass is 16.6. The number of carbonyl (C=O) groups excluding carboxylic acids is 2. The molecule has 1 aliphatic heterocycles. The Hall–Kier alpha value is -3.88. The molecule has 30 heavy (non-hydrogen) atoms. The molecule has 2 aromatic rings. The third kappa shape index (κ3) is 4.57. The summed E-state index contributed by atoms with van der Waals surface area (Å²) in [6, 6.07) is 10.9. The van der Waals surface area contributed by atoms with Crippen molar-refractivity contribution >= 4 is 23.7 Å². The lowest BCUT2D eigenvalue weighted by molar-refractivity contribution is -0.384. The minimum Gasteiger partial charge on any atom is -0.490 e. The van der Waals surface area contributed by atoms with E-state index in [0.717, 1.165) is 4.90 Å². The van der Waals surface area contributed by atoms with Gasteiger partial charge in [-0.3, -0.25) is 19.8 Å². The molecular formula is C21H21N3O6. The number of hydrogen-bond acceptors (Lipinski definition) is 6. The molecule has 0 unspecified atom stereocenters. The fraction of sp³-hybridized carbons (Fsp3) is 0.238. The fourth-order valence-corrected chi connectivity index (χ4v) is 2.95. The number of benzene rings is 2. The Kier molecular flexibility index (Phi) is 6.31. The van der Waals surface area contributed by atoms with Gasteiger partial charge in [-0.2, -0.15) is 0 Å². The minimum absolute atomic E-state index is 0.00694. The summed E-state index contributed by atoms with van der Waals surface area (Å²) in [5.41, 5.74) is 1.49. The van der Waals surface area contributed by atoms with E-state index in [1.165, 1.54) is 12.1 Å². The summed E-state index contributed by atoms with van der Waals surface area (Å²) in [5, 5.41) is 13.5. The van der Waals surface area contributed by atoms with Crippen molar-refractivity contribution < 1.29 is 24.0 Å². The molecule has 1 aliphatic rings. The first-order valence-corrected chi connectivity index (χ1v) is 9.40. The van der Waals surface area contributed by atoms with Crippen molar-refractivity contribution in [3.63, 3.8) is 0 Å². The predicted molar refractivity (Wildman–Crippen MR) is 109 cm³/mol. The Morgan fingerprint density at radius 1 is 1.10 bits per heavy atom. The highest BCUT2D eigenvalue weighted by Crippen LogP contribution is 2.30. The first-order chi connectivity index (χ1) is 14.4. The van der Waals surface area contributed by atoms with Crippen LogP contribution in [0.25, 0.3) is 6.08 Å². The van der Waals surface area contributed by atoms with E-state index in [1.807, 2.05) is 6.92 Å². The minimum atomic E-state index is -0.458. The fourth-order valence-electron chi connectivity index (χ4n) is 2.95. The molecule has 1 saturated heterocycles. The molecule has 0 atom stereocenters. The molecule has 0 radical (unpaired) electrons. The van der Waals surface area contributed by atoms with Crippen LogP contribution in [0.2, 0.25) is 0 Å². The number of rotatable bonds is 8. The van der Waals surface area contributed by atoms with Crippen LogP contribution in [-0.2, 0) is 11.4 Å². The highest BCUT2D eigenvalue weighted by molar-refractivity contribution is 6.13. The molecule has 1 heterocycles. The lowest BCUT2D eigenvalue weighted by Crippen LogP contribution is -2.30. The Balaban J connectivity index is 1.79. The van der Waals surface area contributed by atoms with E-state index in [1.54, 1.807) is 43.3 Å². The molecule has 0 aromatic heterocycles. The number of nitro groups is 1. The van der Waals surface area contributed by atoms with Crippen LogP contribution in [0, 0.1) is 10.1 Å². The maximum atomic E-state index is 12.2. The second-order valence-corrected chi connectivity index (χ2v) is 6.39. The molecule has 1 fully saturated rings. The number of carbonyl (C=O) groups is 2. The molecule has 3 amide bonds. The van der Waals surface area contributed by atoms with Crippen molar-refractivity contribution in [2.45, 2.75) is 20.5 Å². The average molecular weight is 411 g/mol. The monoisotopic (exact) mass is 411 g/mol. The summed E-state index contributed by atoms with van der Waals surface area (Å²) in [7, 11) is 0. The molecule has 9 nitrogen and oxygen atoms in total. The number of ether oxygens (including phenoxy) is 2. The van der Waals surface area contributed by atoms with Gasteiger partial charge in [0.25, 0.3) is 11.6 Å². The van der Waals surface area contributed by atoms with E-state index >= 15 is 0 Å². The summed E-state index contributed by atoms with van der Waals surface area (Å²) in [6.07, 6.45) is 1.57. The first kappa shape index (κ1) is 20.8. The molecule has 2 aromatic carbocycles. The maximum absolute atomic E-state index is 12.2. The van der Waals surface area contributed by atoms with Gasteiger partial charge in [0.15, 0.2) is 11.5 Å². The van der Waals surface area contributed by atoms with Crippen LogP contribution in [0.4, 0.5) is 10.5 Å². The Bertz CT molecular complexity index is 1020. The molecule has 0 spiro atoms. The predicted octanol–water partition coefficient (Wildman–Crippen LogP) is 3.49. The van der Waals surface area contributed by atoms with Gasteiger partial charge in [0, 0.05) is 18.7 Å². The topological polar surface area (TPSA) is 111 Å². The van der Waals surface area contributed by atoms with Gasteiger partial charge in [0.1, 0.15) is 12.3 Å². The molecule has 0 saturated carbocycles. The van der Waals surface area contributed by atoms with Crippen LogP contribution in [0.1, 0.15) is 25.0 Å². The number of nitrogens with zero attached hydrogens (tertiary/aromatic N) is 2. The highest BCUT2D eigenvalue weighted by Gasteiger charge is 2.32. The van der Waals surface area contributed by atoms with Crippen molar-refractivity contribution in [2.75, 3.05) is 13.2 Å². The second-order valence-electron chi connectivity index (χ2n) is 6.39. The van der Waals surface area contributed by atoms with Gasteiger partial charge in [-0.15, -0.1) is 0 Å². The average Bonchev–Trinajstić information content (AvgIpc) is 3.00. The second kappa shape index (κ2) is 9.08. The molecule has 3 rings (SSSR count). The molecule has 156 valence electrons. The van der Waals surface area contributed by atoms with Gasteiger partial charge in [-0.1, -0.05) is 18.2 Å². The normalized spacial score (nSPS) is 14.7. The smallest absolute Gasteiger partial charge is 0.328 e. The first-order valence-electron chi connectivity index (χ1n) is 9.40. The van der Waals surface area contributed by atoms with E-state index in [2.05, 4.69) is 5.32 Å². The van der Waals surface area contributed by atoms with Crippen molar-refractivity contribution in [1.82, 2.24) is 10.2 Å². The number of urea groups is 1. The third-order valence-electron chi connectivity index (χ3n) is 4.37. The molecular weight excluding hydrogens is 390 g/mol. The summed E-state index contributed by atoms with van der Waals surface area (Å²) in [5.74, 6) is 0.537. The summed E-state index contributed by atoms with van der Waals surface area (Å²) < 4.78 is 11.4. The van der Waals surface area contributed by atoms with E-state index in [9.17, 15) is 19.7 Å². The van der Waals surface area contributed by atoms with Crippen molar-refractivity contribution in [3.8, 4) is 11.5 Å². The van der Waals surface area contributed by atoms with Crippen molar-refractivity contribution in [2.24, 2.45) is 0 Å². The molecule has 1 N–H and O–H groups in total. The van der Waals surface area contributed by atoms with Crippen LogP contribution < -0.4 is 14.8 Å². The van der Waals surface area contributed by atoms with E-state index in [-0.39, 0.29) is 30.4 Å². The van der Waals surface area contributed by atoms with Crippen molar-refractivity contribution in [3.05, 3.63) is 69.4 Å². The van der Waals surface area contributed by atoms with E-state index in [0.29, 0.717) is 29.2 Å². The molecule has 9 heteroatoms. The number of nitro benzene ring substituents is 1. The Morgan fingerprint density at radius 2 is 1.90 bits per heavy atom. The number of nitrogens with one attached hydrogen (secondary N) is 1. The molecule has 0 aliphatic carbocycles. The SMILES string of the molecule is CCOc1cc(/C=C2/NC(=O)N(CC)C2=O)ccc1OCc1cccc([N+](=O)[O-])c1. The van der Waals surface area contributed by atoms with Gasteiger partial charge < -0.3 is 14.8 Å². The van der Waals surface area contributed by atoms with E-state index < -0.39 is 11.0 Å². The van der Waals surface area contributed by atoms with Gasteiger partial charge in [0.2, 0.25) is 0 Å². The Morgan fingerprint density at radius 3 is 2.57 bits per heavy atom. The van der Waals surface area contributed by atoms with Gasteiger partial charge in [-0.05, 0) is 43.2 Å². The van der Waals surface area contributed by atoms with Crippen LogP contribution in [0.3, 0.4) is 0 Å². The third-order valence-corrected chi connectivity index (χ3v) is 4.37. The maximum Gasteiger partial charge on any atom is 0.328 e. The lowest BCUT2D eigenvalue weighted by atomic mass is 10.1. The zero-order valence-corrected chi connectivity index (χ0v) is 16.6. The summed E-state index contributed by atoms with van der Waals surface area (Å²) in [6.45, 7) is 4.36. The lowest BCUT2D eigenvalue weighted by Gasteiger charge is -2.13. The zero-order valence-electron chi connectivity index (χ0n) is 16.6. The number of non-ortho nitro benzene ring substituents is 1. The zero-order chi connectivity index (χ0) is 21.7. The number of amides is 3. The van der Waals surface area contributed by atoms with Gasteiger partial charge in [-0.25, -0.2) is 4.79 Å². The van der Waals surface area contributed by atoms with Crippen LogP contribution in [-0.4, -0.2) is 34.9 Å². The van der Waals surface area contributed by atoms with Crippen LogP contribution >= 0.6 is 0 Å². The standard InChI is InChI=1S/C21H21N3O6/c1-3-23-20(25)17(22-21(23)26)11-14-8-9-18(19(12-14)29-4-2)30-13-15-6-5-7-16(10-15)24(27)28/h5-12H,3-4,13H2,1-2H3,(H,22,26)/b17-11+. The number of likely N-dealkylation sites (N-methyl/N-ethyl adjacent to an activating group) is 1. The quantitative estimate of drug-likeness (QED) is 0.308. The van der Waals surface area contributed by atoms with Gasteiger partial charge in [0.05, 0.1) is 11.5 Å². The summed E-state index contributed by atoms with van der Waals surface area (Å²) >= 11 is 0. The number of imide groups is 1. The van der Waals surface area contributed by atoms with Crippen LogP contribution in [0.15, 0.2) is 48.2 Å². The molecule has 0 bridgehead atoms. The number of hydrogen-bond donors (Lipinski definition) is 1. The Labute approximate surface area is 173 Å².